The molecule has 4 heteroatoms. The van der Waals surface area contributed by atoms with Gasteiger partial charge in [0.2, 0.25) is 5.88 Å². The molecular formula is C16H21N3O. The zero-order valence-corrected chi connectivity index (χ0v) is 12.5. The summed E-state index contributed by atoms with van der Waals surface area (Å²) in [6.45, 7) is 9.18. The van der Waals surface area contributed by atoms with Crippen molar-refractivity contribution in [1.29, 1.82) is 0 Å². The van der Waals surface area contributed by atoms with Crippen molar-refractivity contribution in [3.05, 3.63) is 41.7 Å². The Balaban J connectivity index is 2.29. The third-order valence-corrected chi connectivity index (χ3v) is 2.98. The molecule has 1 heterocycles. The Morgan fingerprint density at radius 3 is 2.75 bits per heavy atom. The van der Waals surface area contributed by atoms with Gasteiger partial charge in [-0.2, -0.15) is 4.98 Å². The third kappa shape index (κ3) is 3.47. The summed E-state index contributed by atoms with van der Waals surface area (Å²) in [6, 6.07) is 6.25. The molecule has 1 aromatic heterocycles. The van der Waals surface area contributed by atoms with Crippen LogP contribution >= 0.6 is 0 Å². The second-order valence-electron chi connectivity index (χ2n) is 5.07. The first-order valence-corrected chi connectivity index (χ1v) is 6.94. The lowest BCUT2D eigenvalue weighted by Gasteiger charge is -2.14. The predicted molar refractivity (Wildman–Crippen MR) is 81.5 cm³/mol. The van der Waals surface area contributed by atoms with Gasteiger partial charge in [-0.1, -0.05) is 26.0 Å². The van der Waals surface area contributed by atoms with E-state index >= 15 is 0 Å². The van der Waals surface area contributed by atoms with Crippen LogP contribution in [0.2, 0.25) is 0 Å². The maximum atomic E-state index is 5.93. The summed E-state index contributed by atoms with van der Waals surface area (Å²) in [7, 11) is 0. The van der Waals surface area contributed by atoms with Crippen molar-refractivity contribution in [3.63, 3.8) is 0 Å². The molecule has 1 N–H and O–H groups in total. The maximum absolute atomic E-state index is 5.93. The van der Waals surface area contributed by atoms with Gasteiger partial charge in [-0.3, -0.25) is 4.98 Å². The highest BCUT2D eigenvalue weighted by Crippen LogP contribution is 2.30. The second-order valence-corrected chi connectivity index (χ2v) is 5.07. The van der Waals surface area contributed by atoms with Crippen molar-refractivity contribution in [2.45, 2.75) is 33.6 Å². The fourth-order valence-electron chi connectivity index (χ4n) is 1.98. The van der Waals surface area contributed by atoms with Crippen LogP contribution in [-0.4, -0.2) is 16.5 Å². The van der Waals surface area contributed by atoms with Gasteiger partial charge in [0, 0.05) is 6.54 Å². The van der Waals surface area contributed by atoms with Crippen molar-refractivity contribution >= 4 is 5.82 Å². The zero-order chi connectivity index (χ0) is 14.5. The fourth-order valence-corrected chi connectivity index (χ4v) is 1.98. The van der Waals surface area contributed by atoms with Gasteiger partial charge >= 0.3 is 0 Å². The molecule has 0 saturated carbocycles. The Labute approximate surface area is 120 Å². The fraction of sp³-hybridized carbons (Fsp3) is 0.375. The maximum Gasteiger partial charge on any atom is 0.239 e. The van der Waals surface area contributed by atoms with Crippen molar-refractivity contribution in [1.82, 2.24) is 9.97 Å². The van der Waals surface area contributed by atoms with Gasteiger partial charge in [0.25, 0.3) is 0 Å². The van der Waals surface area contributed by atoms with Gasteiger partial charge in [0.05, 0.1) is 12.4 Å². The smallest absolute Gasteiger partial charge is 0.239 e. The van der Waals surface area contributed by atoms with Crippen molar-refractivity contribution in [2.24, 2.45) is 0 Å². The number of hydrogen-bond acceptors (Lipinski definition) is 4. The molecule has 1 aromatic carbocycles. The summed E-state index contributed by atoms with van der Waals surface area (Å²) in [4.78, 5) is 8.54. The van der Waals surface area contributed by atoms with Crippen molar-refractivity contribution in [2.75, 3.05) is 11.9 Å². The summed E-state index contributed by atoms with van der Waals surface area (Å²) < 4.78 is 5.93. The Bertz CT molecular complexity index is 582. The van der Waals surface area contributed by atoms with E-state index in [1.165, 1.54) is 11.1 Å². The second kappa shape index (κ2) is 6.37. The van der Waals surface area contributed by atoms with Crippen molar-refractivity contribution in [3.8, 4) is 11.6 Å². The van der Waals surface area contributed by atoms with Gasteiger partial charge in [-0.05, 0) is 37.0 Å². The van der Waals surface area contributed by atoms with Gasteiger partial charge in [-0.25, -0.2) is 0 Å². The van der Waals surface area contributed by atoms with E-state index < -0.39 is 0 Å². The first-order chi connectivity index (χ1) is 9.60. The number of ether oxygens (including phenoxy) is 1. The number of hydrogen-bond donors (Lipinski definition) is 1. The van der Waals surface area contributed by atoms with Gasteiger partial charge in [0.1, 0.15) is 11.6 Å². The Morgan fingerprint density at radius 2 is 2.05 bits per heavy atom. The molecular weight excluding hydrogens is 250 g/mol. The van der Waals surface area contributed by atoms with Gasteiger partial charge < -0.3 is 10.1 Å². The van der Waals surface area contributed by atoms with Crippen LogP contribution in [0.4, 0.5) is 5.82 Å². The van der Waals surface area contributed by atoms with E-state index in [1.54, 1.807) is 12.4 Å². The summed E-state index contributed by atoms with van der Waals surface area (Å²) in [6.07, 6.45) is 3.32. The average Bonchev–Trinajstić information content (AvgIpc) is 2.39. The molecule has 0 unspecified atom stereocenters. The molecule has 4 nitrogen and oxygen atoms in total. The van der Waals surface area contributed by atoms with E-state index in [0.717, 1.165) is 18.1 Å². The molecule has 0 aliphatic heterocycles. The summed E-state index contributed by atoms with van der Waals surface area (Å²) in [5.74, 6) is 2.48. The van der Waals surface area contributed by atoms with E-state index in [4.69, 9.17) is 4.74 Å². The molecule has 0 amide bonds. The number of aryl methyl sites for hydroxylation is 1. The molecule has 0 bridgehead atoms. The molecule has 0 spiro atoms. The molecule has 20 heavy (non-hydrogen) atoms. The molecule has 0 saturated heterocycles. The van der Waals surface area contributed by atoms with Gasteiger partial charge in [-0.15, -0.1) is 0 Å². The highest BCUT2D eigenvalue weighted by Gasteiger charge is 2.10. The lowest BCUT2D eigenvalue weighted by molar-refractivity contribution is 0.452. The molecule has 2 aromatic rings. The zero-order valence-electron chi connectivity index (χ0n) is 12.5. The largest absolute Gasteiger partial charge is 0.437 e. The number of rotatable bonds is 5. The highest BCUT2D eigenvalue weighted by molar-refractivity contribution is 5.42. The molecule has 106 valence electrons. The van der Waals surface area contributed by atoms with Crippen LogP contribution in [0.1, 0.15) is 37.8 Å². The first-order valence-electron chi connectivity index (χ1n) is 6.94. The predicted octanol–water partition coefficient (Wildman–Crippen LogP) is 4.13. The third-order valence-electron chi connectivity index (χ3n) is 2.98. The number of aromatic nitrogens is 2. The van der Waals surface area contributed by atoms with Crippen molar-refractivity contribution < 1.29 is 4.74 Å². The van der Waals surface area contributed by atoms with Crippen LogP contribution in [0, 0.1) is 6.92 Å². The average molecular weight is 271 g/mol. The topological polar surface area (TPSA) is 47.0 Å². The lowest BCUT2D eigenvalue weighted by Crippen LogP contribution is -2.01. The van der Waals surface area contributed by atoms with E-state index in [-0.39, 0.29) is 0 Å². The molecule has 0 aliphatic rings. The van der Waals surface area contributed by atoms with Crippen LogP contribution in [-0.2, 0) is 0 Å². The van der Waals surface area contributed by atoms with E-state index in [9.17, 15) is 0 Å². The van der Waals surface area contributed by atoms with Crippen LogP contribution in [0.5, 0.6) is 11.6 Å². The SMILES string of the molecule is CCNc1cncc(Oc2cc(C)ccc2C(C)C)n1. The minimum atomic E-state index is 0.399. The molecule has 0 atom stereocenters. The molecule has 0 aliphatic carbocycles. The van der Waals surface area contributed by atoms with E-state index in [2.05, 4.69) is 48.2 Å². The van der Waals surface area contributed by atoms with E-state index in [0.29, 0.717) is 11.8 Å². The number of benzene rings is 1. The first kappa shape index (κ1) is 14.3. The normalized spacial score (nSPS) is 10.7. The molecule has 2 rings (SSSR count). The Hall–Kier alpha value is -2.10. The van der Waals surface area contributed by atoms with E-state index in [1.807, 2.05) is 13.0 Å². The summed E-state index contributed by atoms with van der Waals surface area (Å²) >= 11 is 0. The standard InChI is InChI=1S/C16H21N3O/c1-5-18-15-9-17-10-16(19-15)20-14-8-12(4)6-7-13(14)11(2)3/h6-11H,5H2,1-4H3,(H,18,19). The monoisotopic (exact) mass is 271 g/mol. The quantitative estimate of drug-likeness (QED) is 0.888. The minimum absolute atomic E-state index is 0.399. The number of nitrogens with zero attached hydrogens (tertiary/aromatic N) is 2. The number of nitrogens with one attached hydrogen (secondary N) is 1. The van der Waals surface area contributed by atoms with Crippen LogP contribution in [0.3, 0.4) is 0 Å². The van der Waals surface area contributed by atoms with Crippen LogP contribution < -0.4 is 10.1 Å². The summed E-state index contributed by atoms with van der Waals surface area (Å²) in [5.41, 5.74) is 2.34. The summed E-state index contributed by atoms with van der Waals surface area (Å²) in [5, 5.41) is 3.13. The van der Waals surface area contributed by atoms with Gasteiger partial charge in [0.15, 0.2) is 0 Å². The molecule has 0 fully saturated rings. The lowest BCUT2D eigenvalue weighted by atomic mass is 10.0. The van der Waals surface area contributed by atoms with Crippen LogP contribution in [0.15, 0.2) is 30.6 Å². The Kier molecular flexibility index (Phi) is 4.56. The number of anilines is 1. The van der Waals surface area contributed by atoms with Crippen LogP contribution in [0.25, 0.3) is 0 Å². The minimum Gasteiger partial charge on any atom is -0.437 e. The highest BCUT2D eigenvalue weighted by atomic mass is 16.5. The Morgan fingerprint density at radius 1 is 1.25 bits per heavy atom. The molecule has 0 radical (unpaired) electrons.